The van der Waals surface area contributed by atoms with Gasteiger partial charge in [-0.2, -0.15) is 0 Å². The smallest absolute Gasteiger partial charge is 0.402 e. The first kappa shape index (κ1) is 14.9. The van der Waals surface area contributed by atoms with Gasteiger partial charge in [-0.15, -0.1) is 0 Å². The summed E-state index contributed by atoms with van der Waals surface area (Å²) in [6, 6.07) is 23.8. The second-order valence-corrected chi connectivity index (χ2v) is 6.91. The Balaban J connectivity index is 1.82. The third-order valence-electron chi connectivity index (χ3n) is 5.38. The van der Waals surface area contributed by atoms with Crippen LogP contribution in [0.5, 0.6) is 0 Å². The second-order valence-electron chi connectivity index (χ2n) is 6.91. The van der Waals surface area contributed by atoms with Crippen molar-refractivity contribution in [3.05, 3.63) is 66.7 Å². The lowest BCUT2D eigenvalue weighted by molar-refractivity contribution is 0.187. The molecular formula is C22H19BO2. The maximum atomic E-state index is 5.99. The van der Waals surface area contributed by atoms with E-state index in [0.717, 1.165) is 5.46 Å². The van der Waals surface area contributed by atoms with Crippen molar-refractivity contribution in [2.24, 2.45) is 0 Å². The number of hydrogen-bond donors (Lipinski definition) is 0. The fraction of sp³-hybridized carbons (Fsp3) is 0.182. The molecule has 122 valence electrons. The van der Waals surface area contributed by atoms with Crippen molar-refractivity contribution >= 4 is 44.9 Å². The van der Waals surface area contributed by atoms with Crippen LogP contribution in [0.15, 0.2) is 66.7 Å². The second kappa shape index (κ2) is 5.58. The molecule has 0 radical (unpaired) electrons. The molecule has 0 unspecified atom stereocenters. The Kier molecular flexibility index (Phi) is 3.34. The molecule has 1 saturated heterocycles. The molecule has 0 saturated carbocycles. The van der Waals surface area contributed by atoms with Crippen molar-refractivity contribution in [3.63, 3.8) is 0 Å². The molecule has 0 amide bonds. The van der Waals surface area contributed by atoms with Crippen LogP contribution in [0.3, 0.4) is 0 Å². The Bertz CT molecular complexity index is 1060. The molecule has 1 aliphatic heterocycles. The summed E-state index contributed by atoms with van der Waals surface area (Å²) in [7, 11) is -0.278. The molecule has 0 aromatic heterocycles. The largest absolute Gasteiger partial charge is 0.494 e. The summed E-state index contributed by atoms with van der Waals surface area (Å²) in [6.45, 7) is 4.13. The molecule has 0 aliphatic carbocycles. The SMILES string of the molecule is C[C@H]1OB(c2ccc3c4ccccc4c4ccccc4c3c2)O[C@@H]1C. The van der Waals surface area contributed by atoms with Crippen molar-refractivity contribution in [3.8, 4) is 0 Å². The summed E-state index contributed by atoms with van der Waals surface area (Å²) in [4.78, 5) is 0. The molecule has 0 spiro atoms. The highest BCUT2D eigenvalue weighted by molar-refractivity contribution is 6.62. The fourth-order valence-corrected chi connectivity index (χ4v) is 3.87. The van der Waals surface area contributed by atoms with E-state index in [1.807, 2.05) is 0 Å². The molecule has 3 heteroatoms. The average molecular weight is 326 g/mol. The van der Waals surface area contributed by atoms with Crippen LogP contribution in [0.2, 0.25) is 0 Å². The molecule has 2 atom stereocenters. The normalized spacial score (nSPS) is 20.8. The van der Waals surface area contributed by atoms with Crippen LogP contribution in [0, 0.1) is 0 Å². The lowest BCUT2D eigenvalue weighted by atomic mass is 9.77. The van der Waals surface area contributed by atoms with Crippen molar-refractivity contribution in [2.45, 2.75) is 26.1 Å². The minimum Gasteiger partial charge on any atom is -0.402 e. The predicted molar refractivity (Wildman–Crippen MR) is 105 cm³/mol. The lowest BCUT2D eigenvalue weighted by Gasteiger charge is -2.12. The zero-order chi connectivity index (χ0) is 17.0. The van der Waals surface area contributed by atoms with Gasteiger partial charge in [0.2, 0.25) is 0 Å². The number of hydrogen-bond acceptors (Lipinski definition) is 2. The summed E-state index contributed by atoms with van der Waals surface area (Å²) in [5.74, 6) is 0. The van der Waals surface area contributed by atoms with Gasteiger partial charge in [-0.3, -0.25) is 0 Å². The highest BCUT2D eigenvalue weighted by Gasteiger charge is 2.36. The topological polar surface area (TPSA) is 18.5 Å². The number of fused-ring (bicyclic) bond motifs is 6. The highest BCUT2D eigenvalue weighted by Crippen LogP contribution is 2.34. The van der Waals surface area contributed by atoms with Crippen molar-refractivity contribution in [2.75, 3.05) is 0 Å². The van der Waals surface area contributed by atoms with Gasteiger partial charge in [-0.1, -0.05) is 66.7 Å². The van der Waals surface area contributed by atoms with E-state index in [1.165, 1.54) is 32.3 Å². The van der Waals surface area contributed by atoms with Crippen LogP contribution < -0.4 is 5.46 Å². The average Bonchev–Trinajstić information content (AvgIpc) is 3.00. The molecule has 25 heavy (non-hydrogen) atoms. The summed E-state index contributed by atoms with van der Waals surface area (Å²) in [6.07, 6.45) is 0.239. The van der Waals surface area contributed by atoms with E-state index in [9.17, 15) is 0 Å². The van der Waals surface area contributed by atoms with Gasteiger partial charge in [0.05, 0.1) is 12.2 Å². The summed E-state index contributed by atoms with van der Waals surface area (Å²) >= 11 is 0. The van der Waals surface area contributed by atoms with Crippen LogP contribution >= 0.6 is 0 Å². The molecule has 0 bridgehead atoms. The van der Waals surface area contributed by atoms with E-state index in [1.54, 1.807) is 0 Å². The standard InChI is InChI=1S/C22H19BO2/c1-14-15(2)25-23(24-14)16-11-12-21-19-9-4-3-7-17(19)18-8-5-6-10-20(18)22(21)13-16/h3-15H,1-2H3/t14-,15-/m1/s1. The van der Waals surface area contributed by atoms with E-state index in [4.69, 9.17) is 9.31 Å². The minimum atomic E-state index is -0.278. The summed E-state index contributed by atoms with van der Waals surface area (Å²) in [5.41, 5.74) is 1.09. The molecule has 0 N–H and O–H groups in total. The first-order valence-electron chi connectivity index (χ1n) is 8.86. The van der Waals surface area contributed by atoms with Gasteiger partial charge >= 0.3 is 7.12 Å². The maximum absolute atomic E-state index is 5.99. The minimum absolute atomic E-state index is 0.119. The van der Waals surface area contributed by atoms with Gasteiger partial charge in [0.15, 0.2) is 0 Å². The Hall–Kier alpha value is -2.36. The first-order valence-corrected chi connectivity index (χ1v) is 8.86. The molecule has 2 nitrogen and oxygen atoms in total. The molecule has 5 rings (SSSR count). The van der Waals surface area contributed by atoms with Gasteiger partial charge in [-0.25, -0.2) is 0 Å². The van der Waals surface area contributed by atoms with Gasteiger partial charge in [-0.05, 0) is 51.6 Å². The molecule has 1 aliphatic rings. The Morgan fingerprint density at radius 3 is 1.56 bits per heavy atom. The molecular weight excluding hydrogens is 307 g/mol. The van der Waals surface area contributed by atoms with Gasteiger partial charge < -0.3 is 9.31 Å². The monoisotopic (exact) mass is 326 g/mol. The summed E-state index contributed by atoms with van der Waals surface area (Å²) in [5, 5.41) is 7.69. The van der Waals surface area contributed by atoms with E-state index in [2.05, 4.69) is 80.6 Å². The quantitative estimate of drug-likeness (QED) is 0.374. The third kappa shape index (κ3) is 2.27. The van der Waals surface area contributed by atoms with Crippen molar-refractivity contribution < 1.29 is 9.31 Å². The van der Waals surface area contributed by atoms with Crippen molar-refractivity contribution in [1.29, 1.82) is 0 Å². The predicted octanol–water partition coefficient (Wildman–Crippen LogP) is 4.67. The Labute approximate surface area is 147 Å². The molecule has 4 aromatic rings. The Morgan fingerprint density at radius 2 is 1.04 bits per heavy atom. The number of rotatable bonds is 1. The van der Waals surface area contributed by atoms with Crippen LogP contribution in [0.25, 0.3) is 32.3 Å². The fourth-order valence-electron chi connectivity index (χ4n) is 3.87. The van der Waals surface area contributed by atoms with Crippen LogP contribution in [-0.4, -0.2) is 19.3 Å². The van der Waals surface area contributed by atoms with E-state index in [-0.39, 0.29) is 19.3 Å². The van der Waals surface area contributed by atoms with Gasteiger partial charge in [0, 0.05) is 0 Å². The highest BCUT2D eigenvalue weighted by atomic mass is 16.7. The molecule has 4 aromatic carbocycles. The molecule has 1 fully saturated rings. The summed E-state index contributed by atoms with van der Waals surface area (Å²) < 4.78 is 12.0. The number of benzene rings is 4. The molecule has 1 heterocycles. The Morgan fingerprint density at radius 1 is 0.600 bits per heavy atom. The first-order chi connectivity index (χ1) is 12.2. The van der Waals surface area contributed by atoms with Gasteiger partial charge in [0.1, 0.15) is 0 Å². The van der Waals surface area contributed by atoms with Crippen LogP contribution in [0.1, 0.15) is 13.8 Å². The van der Waals surface area contributed by atoms with E-state index in [0.29, 0.717) is 0 Å². The lowest BCUT2D eigenvalue weighted by Crippen LogP contribution is -2.32. The zero-order valence-corrected chi connectivity index (χ0v) is 14.4. The maximum Gasteiger partial charge on any atom is 0.494 e. The van der Waals surface area contributed by atoms with E-state index >= 15 is 0 Å². The van der Waals surface area contributed by atoms with E-state index < -0.39 is 0 Å². The van der Waals surface area contributed by atoms with Gasteiger partial charge in [0.25, 0.3) is 0 Å². The van der Waals surface area contributed by atoms with Crippen LogP contribution in [0.4, 0.5) is 0 Å². The third-order valence-corrected chi connectivity index (χ3v) is 5.38. The zero-order valence-electron chi connectivity index (χ0n) is 14.4. The van der Waals surface area contributed by atoms with Crippen molar-refractivity contribution in [1.82, 2.24) is 0 Å². The van der Waals surface area contributed by atoms with Crippen LogP contribution in [-0.2, 0) is 9.31 Å².